The van der Waals surface area contributed by atoms with Crippen LogP contribution in [0.15, 0.2) is 29.5 Å². The molecule has 2 aromatic heterocycles. The lowest BCUT2D eigenvalue weighted by Crippen LogP contribution is -2.25. The van der Waals surface area contributed by atoms with Gasteiger partial charge in [-0.25, -0.2) is 14.5 Å². The molecule has 2 rings (SSSR count). The fourth-order valence-electron chi connectivity index (χ4n) is 1.40. The molecule has 0 atom stereocenters. The normalized spacial score (nSPS) is 10.4. The molecule has 0 aliphatic carbocycles. The topological polar surface area (TPSA) is 90.0 Å². The fourth-order valence-corrected chi connectivity index (χ4v) is 1.40. The van der Waals surface area contributed by atoms with E-state index in [0.717, 1.165) is 4.68 Å². The minimum absolute atomic E-state index is 0.0850. The van der Waals surface area contributed by atoms with Gasteiger partial charge in [-0.1, -0.05) is 0 Å². The Morgan fingerprint density at radius 3 is 2.82 bits per heavy atom. The Morgan fingerprint density at radius 2 is 2.24 bits per heavy atom. The van der Waals surface area contributed by atoms with Crippen LogP contribution in [0.1, 0.15) is 17.4 Å². The van der Waals surface area contributed by atoms with Gasteiger partial charge in [-0.15, -0.1) is 0 Å². The molecule has 0 unspecified atom stereocenters. The fraction of sp³-hybridized carbons (Fsp3) is 0.200. The second-order valence-electron chi connectivity index (χ2n) is 3.29. The molecule has 0 aromatic carbocycles. The second-order valence-corrected chi connectivity index (χ2v) is 3.29. The van der Waals surface area contributed by atoms with Crippen molar-refractivity contribution in [2.45, 2.75) is 13.5 Å². The molecule has 0 saturated carbocycles. The predicted octanol–water partition coefficient (Wildman–Crippen LogP) is 0.147. The number of rotatable bonds is 3. The van der Waals surface area contributed by atoms with Crippen LogP contribution >= 0.6 is 0 Å². The number of hydrogen-bond acceptors (Lipinski definition) is 4. The van der Waals surface area contributed by atoms with Crippen LogP contribution in [0.3, 0.4) is 0 Å². The van der Waals surface area contributed by atoms with E-state index in [2.05, 4.69) is 10.1 Å². The monoisotopic (exact) mass is 234 g/mol. The number of carboxylic acid groups (broad SMARTS) is 1. The van der Waals surface area contributed by atoms with Crippen molar-refractivity contribution in [2.75, 3.05) is 0 Å². The molecule has 1 N–H and O–H groups in total. The Morgan fingerprint density at radius 1 is 1.47 bits per heavy atom. The summed E-state index contributed by atoms with van der Waals surface area (Å²) in [6.45, 7) is 2.35. The van der Waals surface area contributed by atoms with Crippen LogP contribution in [0.5, 0.6) is 0 Å². The maximum atomic E-state index is 11.9. The lowest BCUT2D eigenvalue weighted by molar-refractivity contribution is 0.0690. The van der Waals surface area contributed by atoms with Crippen molar-refractivity contribution in [1.82, 2.24) is 19.3 Å². The lowest BCUT2D eigenvalue weighted by atomic mass is 10.5. The Labute approximate surface area is 96.0 Å². The van der Waals surface area contributed by atoms with Crippen molar-refractivity contribution in [3.8, 4) is 5.82 Å². The highest BCUT2D eigenvalue weighted by Crippen LogP contribution is 2.00. The molecule has 7 nitrogen and oxygen atoms in total. The molecule has 0 saturated heterocycles. The van der Waals surface area contributed by atoms with Crippen molar-refractivity contribution in [2.24, 2.45) is 0 Å². The van der Waals surface area contributed by atoms with E-state index in [1.807, 2.05) is 6.92 Å². The largest absolute Gasteiger partial charge is 0.476 e. The first-order valence-corrected chi connectivity index (χ1v) is 4.98. The van der Waals surface area contributed by atoms with Gasteiger partial charge in [0.15, 0.2) is 5.69 Å². The summed E-state index contributed by atoms with van der Waals surface area (Å²) < 4.78 is 2.63. The van der Waals surface area contributed by atoms with Crippen LogP contribution in [0, 0.1) is 0 Å². The summed E-state index contributed by atoms with van der Waals surface area (Å²) in [5.41, 5.74) is -0.437. The van der Waals surface area contributed by atoms with E-state index in [9.17, 15) is 9.59 Å². The first-order chi connectivity index (χ1) is 8.13. The van der Waals surface area contributed by atoms with Crippen LogP contribution in [-0.4, -0.2) is 30.4 Å². The van der Waals surface area contributed by atoms with E-state index >= 15 is 0 Å². The second kappa shape index (κ2) is 4.20. The number of carbonyl (C=O) groups is 1. The quantitative estimate of drug-likeness (QED) is 0.816. The van der Waals surface area contributed by atoms with E-state index in [-0.39, 0.29) is 17.1 Å². The van der Waals surface area contributed by atoms with E-state index < -0.39 is 5.97 Å². The molecule has 17 heavy (non-hydrogen) atoms. The van der Waals surface area contributed by atoms with Crippen molar-refractivity contribution < 1.29 is 9.90 Å². The van der Waals surface area contributed by atoms with E-state index in [0.29, 0.717) is 6.54 Å². The van der Waals surface area contributed by atoms with Gasteiger partial charge in [0.2, 0.25) is 5.82 Å². The van der Waals surface area contributed by atoms with Gasteiger partial charge < -0.3 is 9.67 Å². The summed E-state index contributed by atoms with van der Waals surface area (Å²) in [4.78, 5) is 26.4. The molecule has 2 heterocycles. The SMILES string of the molecule is CCn1ccnc(-n2ccc(C(=O)O)n2)c1=O. The third-order valence-electron chi connectivity index (χ3n) is 2.26. The highest BCUT2D eigenvalue weighted by molar-refractivity contribution is 5.85. The molecule has 0 radical (unpaired) electrons. The van der Waals surface area contributed by atoms with Gasteiger partial charge in [-0.2, -0.15) is 5.10 Å². The average molecular weight is 234 g/mol. The minimum Gasteiger partial charge on any atom is -0.476 e. The number of nitrogens with zero attached hydrogens (tertiary/aromatic N) is 4. The van der Waals surface area contributed by atoms with Gasteiger partial charge in [0.25, 0.3) is 5.56 Å². The van der Waals surface area contributed by atoms with Crippen molar-refractivity contribution >= 4 is 5.97 Å². The number of aryl methyl sites for hydroxylation is 1. The van der Waals surface area contributed by atoms with Crippen molar-refractivity contribution in [3.63, 3.8) is 0 Å². The number of aromatic nitrogens is 4. The van der Waals surface area contributed by atoms with Crippen LogP contribution in [-0.2, 0) is 6.54 Å². The zero-order valence-electron chi connectivity index (χ0n) is 9.07. The molecule has 2 aromatic rings. The molecule has 0 amide bonds. The van der Waals surface area contributed by atoms with Gasteiger partial charge in [0, 0.05) is 25.1 Å². The zero-order valence-corrected chi connectivity index (χ0v) is 9.07. The highest BCUT2D eigenvalue weighted by Gasteiger charge is 2.11. The van der Waals surface area contributed by atoms with Crippen molar-refractivity contribution in [3.05, 3.63) is 40.7 Å². The van der Waals surface area contributed by atoms with E-state index in [4.69, 9.17) is 5.11 Å². The molecule has 0 fully saturated rings. The molecule has 0 aliphatic heterocycles. The highest BCUT2D eigenvalue weighted by atomic mass is 16.4. The van der Waals surface area contributed by atoms with Gasteiger partial charge in [0.1, 0.15) is 0 Å². The lowest BCUT2D eigenvalue weighted by Gasteiger charge is -2.03. The first-order valence-electron chi connectivity index (χ1n) is 4.98. The Hall–Kier alpha value is -2.44. The Bertz CT molecular complexity index is 614. The van der Waals surface area contributed by atoms with Gasteiger partial charge in [0.05, 0.1) is 0 Å². The third-order valence-corrected chi connectivity index (χ3v) is 2.26. The van der Waals surface area contributed by atoms with E-state index in [1.54, 1.807) is 6.20 Å². The minimum atomic E-state index is -1.14. The van der Waals surface area contributed by atoms with Crippen LogP contribution < -0.4 is 5.56 Å². The first kappa shape index (κ1) is 11.1. The molecule has 88 valence electrons. The summed E-state index contributed by atoms with van der Waals surface area (Å²) in [5.74, 6) is -1.06. The molecule has 0 spiro atoms. The summed E-state index contributed by atoms with van der Waals surface area (Å²) in [7, 11) is 0. The number of carboxylic acids is 1. The smallest absolute Gasteiger partial charge is 0.356 e. The summed E-state index contributed by atoms with van der Waals surface area (Å²) in [6.07, 6.45) is 4.43. The molecular weight excluding hydrogens is 224 g/mol. The van der Waals surface area contributed by atoms with Gasteiger partial charge >= 0.3 is 5.97 Å². The number of hydrogen-bond donors (Lipinski definition) is 1. The Balaban J connectivity index is 2.53. The van der Waals surface area contributed by atoms with Crippen LogP contribution in [0.4, 0.5) is 0 Å². The zero-order chi connectivity index (χ0) is 12.4. The maximum Gasteiger partial charge on any atom is 0.356 e. The van der Waals surface area contributed by atoms with E-state index in [1.165, 1.54) is 23.0 Å². The van der Waals surface area contributed by atoms with Crippen molar-refractivity contribution in [1.29, 1.82) is 0 Å². The third kappa shape index (κ3) is 1.94. The van der Waals surface area contributed by atoms with Crippen LogP contribution in [0.25, 0.3) is 5.82 Å². The number of aromatic carboxylic acids is 1. The van der Waals surface area contributed by atoms with Gasteiger partial charge in [-0.3, -0.25) is 4.79 Å². The maximum absolute atomic E-state index is 11.9. The Kier molecular flexibility index (Phi) is 2.73. The molecular formula is C10H10N4O3. The summed E-state index contributed by atoms with van der Waals surface area (Å²) in [6, 6.07) is 1.31. The molecule has 0 aliphatic rings. The molecule has 0 bridgehead atoms. The summed E-state index contributed by atoms with van der Waals surface area (Å²) >= 11 is 0. The summed E-state index contributed by atoms with van der Waals surface area (Å²) in [5, 5.41) is 12.5. The standard InChI is InChI=1S/C10H10N4O3/c1-2-13-6-4-11-8(9(13)15)14-5-3-7(12-14)10(16)17/h3-6H,2H2,1H3,(H,16,17). The molecule has 7 heteroatoms. The average Bonchev–Trinajstić information content (AvgIpc) is 2.78. The van der Waals surface area contributed by atoms with Crippen LogP contribution in [0.2, 0.25) is 0 Å². The van der Waals surface area contributed by atoms with Gasteiger partial charge in [-0.05, 0) is 13.0 Å². The predicted molar refractivity (Wildman–Crippen MR) is 58.3 cm³/mol.